The molecule has 29 heavy (non-hydrogen) atoms. The molecule has 1 saturated carbocycles. The predicted molar refractivity (Wildman–Crippen MR) is 105 cm³/mol. The number of pyridine rings is 1. The second-order valence-corrected chi connectivity index (χ2v) is 6.80. The van der Waals surface area contributed by atoms with Gasteiger partial charge in [-0.2, -0.15) is 0 Å². The van der Waals surface area contributed by atoms with Crippen LogP contribution in [0.4, 0.5) is 0 Å². The van der Waals surface area contributed by atoms with E-state index in [2.05, 4.69) is 9.97 Å². The van der Waals surface area contributed by atoms with E-state index in [-0.39, 0.29) is 18.4 Å². The molecule has 0 atom stereocenters. The number of hydrogen-bond acceptors (Lipinski definition) is 6. The number of hydrogen-bond donors (Lipinski definition) is 0. The zero-order valence-corrected chi connectivity index (χ0v) is 15.4. The number of benzene rings is 1. The molecule has 1 aliphatic rings. The van der Waals surface area contributed by atoms with Crippen LogP contribution in [0.3, 0.4) is 0 Å². The van der Waals surface area contributed by atoms with Gasteiger partial charge >= 0.3 is 0 Å². The van der Waals surface area contributed by atoms with Gasteiger partial charge in [0.05, 0.1) is 5.69 Å². The predicted octanol–water partition coefficient (Wildman–Crippen LogP) is 2.42. The van der Waals surface area contributed by atoms with E-state index in [0.29, 0.717) is 23.5 Å². The first-order chi connectivity index (χ1) is 14.1. The van der Waals surface area contributed by atoms with Gasteiger partial charge in [0.2, 0.25) is 0 Å². The summed E-state index contributed by atoms with van der Waals surface area (Å²) in [6.45, 7) is 0. The van der Waals surface area contributed by atoms with Crippen LogP contribution in [0.15, 0.2) is 65.8 Å². The number of nitrogens with zero attached hydrogens (tertiary/aromatic N) is 3. The van der Waals surface area contributed by atoms with E-state index in [1.807, 2.05) is 0 Å². The highest BCUT2D eigenvalue weighted by molar-refractivity contribution is 6.24. The Bertz CT molecular complexity index is 1140. The van der Waals surface area contributed by atoms with Crippen molar-refractivity contribution in [1.29, 1.82) is 0 Å². The van der Waals surface area contributed by atoms with Gasteiger partial charge in [-0.3, -0.25) is 28.7 Å². The third-order valence-electron chi connectivity index (χ3n) is 4.91. The molecule has 0 spiro atoms. The maximum absolute atomic E-state index is 13.3. The summed E-state index contributed by atoms with van der Waals surface area (Å²) in [5.74, 6) is -2.75. The maximum Gasteiger partial charge on any atom is 0.269 e. The fourth-order valence-electron chi connectivity index (χ4n) is 3.49. The molecule has 2 aromatic heterocycles. The van der Waals surface area contributed by atoms with Crippen LogP contribution in [-0.2, 0) is 9.59 Å². The Labute approximate surface area is 166 Å². The highest BCUT2D eigenvalue weighted by Crippen LogP contribution is 2.22. The number of para-hydroxylation sites is 1. The SMILES string of the molecule is O=C1CCCC(=O)C1C(=O)c1cnc(-c2cccnc2)n(-c2ccccc2)c1=O. The Hall–Kier alpha value is -3.74. The fourth-order valence-corrected chi connectivity index (χ4v) is 3.49. The van der Waals surface area contributed by atoms with Crippen molar-refractivity contribution >= 4 is 17.3 Å². The standard InChI is InChI=1S/C22H17N3O4/c26-17-9-4-10-18(27)19(17)20(28)16-13-24-21(14-6-5-11-23-12-14)25(22(16)29)15-7-2-1-3-8-15/h1-3,5-8,11-13,19H,4,9-10H2. The van der Waals surface area contributed by atoms with E-state index in [1.54, 1.807) is 54.9 Å². The summed E-state index contributed by atoms with van der Waals surface area (Å²) in [6.07, 6.45) is 5.09. The molecule has 2 heterocycles. The second kappa shape index (κ2) is 7.71. The summed E-state index contributed by atoms with van der Waals surface area (Å²) >= 11 is 0. The number of ketones is 3. The molecule has 0 radical (unpaired) electrons. The first-order valence-electron chi connectivity index (χ1n) is 9.25. The van der Waals surface area contributed by atoms with Gasteiger partial charge in [-0.25, -0.2) is 4.98 Å². The van der Waals surface area contributed by atoms with Crippen LogP contribution in [0, 0.1) is 5.92 Å². The van der Waals surface area contributed by atoms with Crippen molar-refractivity contribution in [2.24, 2.45) is 5.92 Å². The van der Waals surface area contributed by atoms with Crippen LogP contribution in [0.2, 0.25) is 0 Å². The topological polar surface area (TPSA) is 99.0 Å². The van der Waals surface area contributed by atoms with E-state index in [0.717, 1.165) is 6.20 Å². The van der Waals surface area contributed by atoms with Gasteiger partial charge in [0.25, 0.3) is 5.56 Å². The van der Waals surface area contributed by atoms with E-state index in [9.17, 15) is 19.2 Å². The Morgan fingerprint density at radius 3 is 2.31 bits per heavy atom. The van der Waals surface area contributed by atoms with Gasteiger partial charge in [0.1, 0.15) is 17.3 Å². The van der Waals surface area contributed by atoms with Gasteiger partial charge < -0.3 is 0 Å². The summed E-state index contributed by atoms with van der Waals surface area (Å²) in [5.41, 5.74) is 0.216. The molecule has 0 bridgehead atoms. The molecule has 3 aromatic rings. The summed E-state index contributed by atoms with van der Waals surface area (Å²) in [7, 11) is 0. The van der Waals surface area contributed by atoms with Crippen molar-refractivity contribution < 1.29 is 14.4 Å². The third kappa shape index (κ3) is 3.42. The molecule has 0 N–H and O–H groups in total. The summed E-state index contributed by atoms with van der Waals surface area (Å²) in [6, 6.07) is 12.2. The van der Waals surface area contributed by atoms with Crippen LogP contribution in [-0.4, -0.2) is 31.9 Å². The quantitative estimate of drug-likeness (QED) is 0.504. The van der Waals surface area contributed by atoms with E-state index >= 15 is 0 Å². The molecule has 0 saturated heterocycles. The van der Waals surface area contributed by atoms with Crippen molar-refractivity contribution in [3.63, 3.8) is 0 Å². The lowest BCUT2D eigenvalue weighted by Crippen LogP contribution is -2.39. The van der Waals surface area contributed by atoms with Gasteiger partial charge in [0, 0.05) is 37.0 Å². The largest absolute Gasteiger partial charge is 0.298 e. The molecule has 0 unspecified atom stereocenters. The molecular weight excluding hydrogens is 370 g/mol. The Morgan fingerprint density at radius 1 is 0.931 bits per heavy atom. The summed E-state index contributed by atoms with van der Waals surface area (Å²) in [4.78, 5) is 59.1. The lowest BCUT2D eigenvalue weighted by molar-refractivity contribution is -0.133. The second-order valence-electron chi connectivity index (χ2n) is 6.80. The average molecular weight is 387 g/mol. The molecule has 4 rings (SSSR count). The summed E-state index contributed by atoms with van der Waals surface area (Å²) < 4.78 is 1.31. The van der Waals surface area contributed by atoms with Gasteiger partial charge in [-0.15, -0.1) is 0 Å². The number of carbonyl (C=O) groups excluding carboxylic acids is 3. The Balaban J connectivity index is 1.90. The lowest BCUT2D eigenvalue weighted by Gasteiger charge is -2.19. The first kappa shape index (κ1) is 18.6. The normalized spacial score (nSPS) is 14.8. The molecular formula is C22H17N3O4. The smallest absolute Gasteiger partial charge is 0.269 e. The van der Waals surface area contributed by atoms with Crippen LogP contribution in [0.1, 0.15) is 29.6 Å². The van der Waals surface area contributed by atoms with Crippen molar-refractivity contribution in [3.8, 4) is 17.1 Å². The van der Waals surface area contributed by atoms with E-state index in [4.69, 9.17) is 0 Å². The van der Waals surface area contributed by atoms with Crippen LogP contribution < -0.4 is 5.56 Å². The van der Waals surface area contributed by atoms with E-state index in [1.165, 1.54) is 4.57 Å². The Kier molecular flexibility index (Phi) is 4.95. The van der Waals surface area contributed by atoms with Crippen molar-refractivity contribution in [2.45, 2.75) is 19.3 Å². The maximum atomic E-state index is 13.3. The molecule has 7 nitrogen and oxygen atoms in total. The van der Waals surface area contributed by atoms with Crippen molar-refractivity contribution in [1.82, 2.24) is 14.5 Å². The van der Waals surface area contributed by atoms with E-state index < -0.39 is 28.8 Å². The number of carbonyl (C=O) groups is 3. The van der Waals surface area contributed by atoms with Gasteiger partial charge in [-0.05, 0) is 30.7 Å². The number of Topliss-reactive ketones (excluding diaryl/α,β-unsaturated/α-hetero) is 3. The molecule has 7 heteroatoms. The highest BCUT2D eigenvalue weighted by Gasteiger charge is 2.38. The molecule has 1 aliphatic carbocycles. The minimum Gasteiger partial charge on any atom is -0.298 e. The highest BCUT2D eigenvalue weighted by atomic mass is 16.2. The molecule has 144 valence electrons. The molecule has 0 amide bonds. The lowest BCUT2D eigenvalue weighted by atomic mass is 9.82. The molecule has 1 aromatic carbocycles. The minimum atomic E-state index is -1.41. The van der Waals surface area contributed by atoms with Crippen molar-refractivity contribution in [2.75, 3.05) is 0 Å². The zero-order chi connectivity index (χ0) is 20.4. The first-order valence-corrected chi connectivity index (χ1v) is 9.25. The average Bonchev–Trinajstić information content (AvgIpc) is 2.74. The van der Waals surface area contributed by atoms with Crippen LogP contribution in [0.25, 0.3) is 17.1 Å². The Morgan fingerprint density at radius 2 is 1.66 bits per heavy atom. The van der Waals surface area contributed by atoms with Crippen LogP contribution in [0.5, 0.6) is 0 Å². The van der Waals surface area contributed by atoms with Gasteiger partial charge in [0.15, 0.2) is 17.3 Å². The monoisotopic (exact) mass is 387 g/mol. The molecule has 1 fully saturated rings. The van der Waals surface area contributed by atoms with Crippen molar-refractivity contribution in [3.05, 3.63) is 77.0 Å². The molecule has 0 aliphatic heterocycles. The zero-order valence-electron chi connectivity index (χ0n) is 15.4. The number of rotatable bonds is 4. The number of aromatic nitrogens is 3. The fraction of sp³-hybridized carbons (Fsp3) is 0.182. The third-order valence-corrected chi connectivity index (χ3v) is 4.91. The summed E-state index contributed by atoms with van der Waals surface area (Å²) in [5, 5.41) is 0. The van der Waals surface area contributed by atoms with Crippen LogP contribution >= 0.6 is 0 Å². The minimum absolute atomic E-state index is 0.163. The van der Waals surface area contributed by atoms with Gasteiger partial charge in [-0.1, -0.05) is 18.2 Å².